The van der Waals surface area contributed by atoms with Crippen molar-refractivity contribution in [2.75, 3.05) is 6.61 Å². The third-order valence-electron chi connectivity index (χ3n) is 15.2. The number of hydrogen-bond donors (Lipinski definition) is 8. The number of fused-ring (bicyclic) bond motifs is 2. The highest BCUT2D eigenvalue weighted by Crippen LogP contribution is 2.68. The first-order chi connectivity index (χ1) is 34.2. The van der Waals surface area contributed by atoms with Crippen LogP contribution < -0.4 is 37.6 Å². The van der Waals surface area contributed by atoms with Crippen molar-refractivity contribution in [1.29, 1.82) is 0 Å². The second-order valence-electron chi connectivity index (χ2n) is 22.3. The van der Waals surface area contributed by atoms with Crippen molar-refractivity contribution in [2.24, 2.45) is 39.7 Å². The van der Waals surface area contributed by atoms with Crippen LogP contribution in [0.5, 0.6) is 0 Å². The third-order valence-corrected chi connectivity index (χ3v) is 15.2. The van der Waals surface area contributed by atoms with Crippen LogP contribution in [-0.4, -0.2) is 101 Å². The number of esters is 1. The van der Waals surface area contributed by atoms with E-state index in [-0.39, 0.29) is 61.4 Å². The summed E-state index contributed by atoms with van der Waals surface area (Å²) < 4.78 is 5.48. The molecule has 2 aromatic carbocycles. The largest absolute Gasteiger partial charge is 0.461 e. The minimum Gasteiger partial charge on any atom is -0.461 e. The molecule has 2 saturated carbocycles. The molecule has 2 aliphatic carbocycles. The maximum atomic E-state index is 14.7. The number of amides is 7. The molecule has 2 aromatic rings. The van der Waals surface area contributed by atoms with E-state index >= 15 is 0 Å². The van der Waals surface area contributed by atoms with E-state index in [1.165, 1.54) is 0 Å². The third kappa shape index (κ3) is 15.9. The molecule has 0 aliphatic heterocycles. The molecule has 2 aliphatic rings. The van der Waals surface area contributed by atoms with Crippen molar-refractivity contribution >= 4 is 53.1 Å². The number of carbonyl (C=O) groups is 9. The van der Waals surface area contributed by atoms with Gasteiger partial charge >= 0.3 is 5.97 Å². The van der Waals surface area contributed by atoms with Crippen LogP contribution in [0.1, 0.15) is 137 Å². The van der Waals surface area contributed by atoms with E-state index in [0.29, 0.717) is 30.7 Å². The molecule has 18 heteroatoms. The predicted molar refractivity (Wildman–Crippen MR) is 274 cm³/mol. The fraction of sp³-hybridized carbons (Fsp3) is 0.618. The predicted octanol–water partition coefficient (Wildman–Crippen LogP) is 3.76. The summed E-state index contributed by atoms with van der Waals surface area (Å²) in [6, 6.07) is 8.09. The number of carbonyl (C=O) groups excluding carboxylic acids is 9. The molecule has 2 fully saturated rings. The normalized spacial score (nSPS) is 20.3. The van der Waals surface area contributed by atoms with Crippen LogP contribution >= 0.6 is 0 Å². The van der Waals surface area contributed by atoms with Gasteiger partial charge in [0.2, 0.25) is 41.2 Å². The van der Waals surface area contributed by atoms with Crippen molar-refractivity contribution in [3.05, 3.63) is 71.3 Å². The summed E-state index contributed by atoms with van der Waals surface area (Å²) in [6.45, 7) is 18.0. The van der Waals surface area contributed by atoms with Crippen molar-refractivity contribution in [2.45, 2.75) is 176 Å². The highest BCUT2D eigenvalue weighted by Gasteiger charge is 2.63. The average Bonchev–Trinajstić information content (AvgIpc) is 3.68. The molecule has 0 aromatic heterocycles. The fourth-order valence-electron chi connectivity index (χ4n) is 10.2. The number of unbranched alkanes of at least 4 members (excludes halogenated alkanes) is 1. The summed E-state index contributed by atoms with van der Waals surface area (Å²) in [7, 11) is 0. The Morgan fingerprint density at radius 2 is 1.32 bits per heavy atom. The van der Waals surface area contributed by atoms with Crippen LogP contribution in [-0.2, 0) is 60.9 Å². The quantitative estimate of drug-likeness (QED) is 0.0471. The van der Waals surface area contributed by atoms with Crippen molar-refractivity contribution in [3.63, 3.8) is 0 Å². The molecule has 0 saturated heterocycles. The summed E-state index contributed by atoms with van der Waals surface area (Å²) in [5, 5.41) is 26.8. The van der Waals surface area contributed by atoms with Crippen LogP contribution in [0, 0.1) is 40.9 Å². The number of aliphatic hydroxyl groups excluding tert-OH is 1. The SMILES string of the molecule is CCCC[C@H](NC(=O)[C@H](CC(C)C)NC(=O)[C@@H](NC(=O)[C@H](Cc1ccccc1C)NC(=O)[C@H](CCC(=O)OCc1ccccc1)NC(=O)[C@H](CO)NC(=O)C1CC2CCC1(C)C2(C)C)C(C)(C)C)C(=O)C(N)=O. The van der Waals surface area contributed by atoms with Gasteiger partial charge in [0.25, 0.3) is 5.91 Å². The number of aliphatic hydroxyl groups is 1. The van der Waals surface area contributed by atoms with Crippen LogP contribution in [0.25, 0.3) is 0 Å². The van der Waals surface area contributed by atoms with Crippen molar-refractivity contribution < 1.29 is 53.0 Å². The van der Waals surface area contributed by atoms with Gasteiger partial charge in [0.15, 0.2) is 0 Å². The maximum Gasteiger partial charge on any atom is 0.306 e. The van der Waals surface area contributed by atoms with Gasteiger partial charge in [-0.3, -0.25) is 43.2 Å². The van der Waals surface area contributed by atoms with Crippen molar-refractivity contribution in [1.82, 2.24) is 31.9 Å². The maximum absolute atomic E-state index is 14.7. The van der Waals surface area contributed by atoms with Gasteiger partial charge in [0.05, 0.1) is 12.6 Å². The van der Waals surface area contributed by atoms with E-state index in [0.717, 1.165) is 24.0 Å². The zero-order valence-corrected chi connectivity index (χ0v) is 44.5. The summed E-state index contributed by atoms with van der Waals surface area (Å²) in [5.41, 5.74) is 6.06. The zero-order chi connectivity index (χ0) is 54.4. The molecule has 0 radical (unpaired) electrons. The second kappa shape index (κ2) is 26.2. The first-order valence-corrected chi connectivity index (χ1v) is 25.7. The lowest BCUT2D eigenvalue weighted by Gasteiger charge is -2.38. The lowest BCUT2D eigenvalue weighted by molar-refractivity contribution is -0.145. The molecule has 402 valence electrons. The fourth-order valence-corrected chi connectivity index (χ4v) is 10.2. The smallest absolute Gasteiger partial charge is 0.306 e. The van der Waals surface area contributed by atoms with Gasteiger partial charge in [-0.05, 0) is 90.2 Å². The number of aryl methyl sites for hydroxylation is 1. The van der Waals surface area contributed by atoms with E-state index in [1.807, 2.05) is 45.9 Å². The first-order valence-electron chi connectivity index (χ1n) is 25.7. The number of hydrogen-bond acceptors (Lipinski definition) is 11. The number of ketones is 1. The number of rotatable bonds is 27. The number of ether oxygens (including phenoxy) is 1. The number of Topliss-reactive ketones (excluding diaryl/α,β-unsaturated/α-hetero) is 1. The molecule has 3 unspecified atom stereocenters. The summed E-state index contributed by atoms with van der Waals surface area (Å²) in [6.07, 6.45) is 3.22. The molecule has 73 heavy (non-hydrogen) atoms. The van der Waals surface area contributed by atoms with Crippen molar-refractivity contribution in [3.8, 4) is 0 Å². The molecule has 0 heterocycles. The van der Waals surface area contributed by atoms with E-state index < -0.39 is 101 Å². The van der Waals surface area contributed by atoms with Gasteiger partial charge < -0.3 is 47.5 Å². The number of primary amides is 1. The molecular formula is C55H81N7O11. The number of benzene rings is 2. The van der Waals surface area contributed by atoms with E-state index in [4.69, 9.17) is 10.5 Å². The first kappa shape index (κ1) is 59.4. The summed E-state index contributed by atoms with van der Waals surface area (Å²) in [4.78, 5) is 123. The Morgan fingerprint density at radius 1 is 0.740 bits per heavy atom. The Morgan fingerprint density at radius 3 is 1.88 bits per heavy atom. The molecule has 4 rings (SSSR count). The van der Waals surface area contributed by atoms with E-state index in [2.05, 4.69) is 52.7 Å². The molecule has 2 bridgehead atoms. The molecule has 9 atom stereocenters. The number of nitrogens with two attached hydrogens (primary N) is 1. The van der Waals surface area contributed by atoms with E-state index in [9.17, 15) is 48.3 Å². The van der Waals surface area contributed by atoms with Crippen LogP contribution in [0.15, 0.2) is 54.6 Å². The van der Waals surface area contributed by atoms with Gasteiger partial charge in [-0.2, -0.15) is 0 Å². The summed E-state index contributed by atoms with van der Waals surface area (Å²) >= 11 is 0. The lowest BCUT2D eigenvalue weighted by atomic mass is 9.66. The minimum atomic E-state index is -1.49. The Hall–Kier alpha value is -6.17. The van der Waals surface area contributed by atoms with Crippen LogP contribution in [0.3, 0.4) is 0 Å². The minimum absolute atomic E-state index is 0.0439. The van der Waals surface area contributed by atoms with Crippen LogP contribution in [0.2, 0.25) is 0 Å². The van der Waals surface area contributed by atoms with Crippen LogP contribution in [0.4, 0.5) is 0 Å². The highest BCUT2D eigenvalue weighted by atomic mass is 16.5. The highest BCUT2D eigenvalue weighted by molar-refractivity contribution is 6.37. The van der Waals surface area contributed by atoms with E-state index in [1.54, 1.807) is 57.2 Å². The second-order valence-corrected chi connectivity index (χ2v) is 22.3. The van der Waals surface area contributed by atoms with Gasteiger partial charge in [-0.25, -0.2) is 0 Å². The van der Waals surface area contributed by atoms with Gasteiger partial charge in [0.1, 0.15) is 36.8 Å². The standard InChI is InChI=1S/C55H81N7O11/c1-11-12-22-38(44(65)46(56)66)57-49(69)40(27-32(2)3)60-52(72)45(53(5,6)7)62-50(70)41(28-35-21-17-16-18-33(35)4)59-48(68)39(23-24-43(64)73-31-34-19-14-13-15-20-34)58-51(71)42(30-63)61-47(67)37-29-36-25-26-55(37,10)54(36,8)9/h13-21,32,36-42,45,63H,11-12,22-31H2,1-10H3,(H2,56,66)(H,57,69)(H,58,71)(H,59,68)(H,60,72)(H,61,67)(H,62,70)/t36?,37?,38-,39-,40-,41-,42-,45+,55?/m0/s1. The van der Waals surface area contributed by atoms with Gasteiger partial charge in [0, 0.05) is 18.8 Å². The lowest BCUT2D eigenvalue weighted by Crippen LogP contribution is -2.62. The number of nitrogens with one attached hydrogen (secondary N) is 6. The Balaban J connectivity index is 1.62. The zero-order valence-electron chi connectivity index (χ0n) is 44.5. The molecule has 0 spiro atoms. The monoisotopic (exact) mass is 1020 g/mol. The Kier molecular flexibility index (Phi) is 21.3. The summed E-state index contributed by atoms with van der Waals surface area (Å²) in [5.74, 6) is -7.45. The molecule has 9 N–H and O–H groups in total. The molecule has 18 nitrogen and oxygen atoms in total. The Labute approximate surface area is 430 Å². The average molecular weight is 1020 g/mol. The van der Waals surface area contributed by atoms with Gasteiger partial charge in [-0.15, -0.1) is 0 Å². The Bertz CT molecular complexity index is 2300. The topological polar surface area (TPSA) is 281 Å². The van der Waals surface area contributed by atoms with Gasteiger partial charge in [-0.1, -0.05) is 130 Å². The molecule has 7 amide bonds. The molecular weight excluding hydrogens is 935 g/mol.